The molecule has 2 aromatic carbocycles. The van der Waals surface area contributed by atoms with Crippen molar-refractivity contribution in [2.45, 2.75) is 20.3 Å². The van der Waals surface area contributed by atoms with Gasteiger partial charge in [-0.2, -0.15) is 0 Å². The summed E-state index contributed by atoms with van der Waals surface area (Å²) in [6.45, 7) is 2.66. The Hall–Kier alpha value is -2.62. The first-order chi connectivity index (χ1) is 10.1. The number of hydroxylamine groups is 1. The minimum absolute atomic E-state index is 0.324. The second kappa shape index (κ2) is 5.05. The van der Waals surface area contributed by atoms with Crippen LogP contribution in [0, 0.1) is 0 Å². The van der Waals surface area contributed by atoms with Gasteiger partial charge in [0.15, 0.2) is 0 Å². The standard InChI is InChI=1S/C17H15NO3/c1-11(19)18(21-12(2)20)17-9-5-8-15-14-7-4-3-6-13(14)10-16(15)17/h3-9H,10H2,1-2H3. The molecule has 1 aliphatic carbocycles. The fourth-order valence-corrected chi connectivity index (χ4v) is 2.74. The van der Waals surface area contributed by atoms with Crippen molar-refractivity contribution in [2.75, 3.05) is 5.06 Å². The topological polar surface area (TPSA) is 46.6 Å². The third-order valence-electron chi connectivity index (χ3n) is 3.55. The van der Waals surface area contributed by atoms with Crippen molar-refractivity contribution in [1.29, 1.82) is 0 Å². The average Bonchev–Trinajstić information content (AvgIpc) is 2.83. The second-order valence-electron chi connectivity index (χ2n) is 5.03. The van der Waals surface area contributed by atoms with E-state index >= 15 is 0 Å². The van der Waals surface area contributed by atoms with Gasteiger partial charge in [-0.3, -0.25) is 4.79 Å². The molecular formula is C17H15NO3. The van der Waals surface area contributed by atoms with Gasteiger partial charge in [0.05, 0.1) is 5.69 Å². The Kier molecular flexibility index (Phi) is 3.22. The molecule has 1 aliphatic rings. The maximum atomic E-state index is 11.8. The molecule has 0 spiro atoms. The van der Waals surface area contributed by atoms with Gasteiger partial charge in [-0.15, -0.1) is 5.06 Å². The van der Waals surface area contributed by atoms with E-state index in [0.717, 1.165) is 22.6 Å². The van der Waals surface area contributed by atoms with Gasteiger partial charge in [-0.1, -0.05) is 36.4 Å². The normalized spacial score (nSPS) is 11.5. The van der Waals surface area contributed by atoms with Gasteiger partial charge in [0.2, 0.25) is 0 Å². The van der Waals surface area contributed by atoms with Crippen LogP contribution in [0.25, 0.3) is 11.1 Å². The molecule has 3 rings (SSSR count). The van der Waals surface area contributed by atoms with Gasteiger partial charge in [-0.05, 0) is 28.3 Å². The van der Waals surface area contributed by atoms with E-state index in [4.69, 9.17) is 4.84 Å². The minimum Gasteiger partial charge on any atom is -0.334 e. The summed E-state index contributed by atoms with van der Waals surface area (Å²) in [6, 6.07) is 13.8. The van der Waals surface area contributed by atoms with Crippen LogP contribution in [0.5, 0.6) is 0 Å². The predicted octanol–water partition coefficient (Wildman–Crippen LogP) is 3.09. The van der Waals surface area contributed by atoms with E-state index in [1.54, 1.807) is 6.07 Å². The zero-order valence-electron chi connectivity index (χ0n) is 11.9. The van der Waals surface area contributed by atoms with Gasteiger partial charge < -0.3 is 4.84 Å². The van der Waals surface area contributed by atoms with Crippen LogP contribution in [0.2, 0.25) is 0 Å². The summed E-state index contributed by atoms with van der Waals surface area (Å²) >= 11 is 0. The Morgan fingerprint density at radius 3 is 2.43 bits per heavy atom. The zero-order valence-corrected chi connectivity index (χ0v) is 11.9. The number of rotatable bonds is 1. The molecule has 106 valence electrons. The van der Waals surface area contributed by atoms with Gasteiger partial charge in [0, 0.05) is 20.3 Å². The number of hydrogen-bond donors (Lipinski definition) is 0. The smallest absolute Gasteiger partial charge is 0.330 e. The Morgan fingerprint density at radius 1 is 1.00 bits per heavy atom. The van der Waals surface area contributed by atoms with Crippen LogP contribution in [0.4, 0.5) is 5.69 Å². The number of hydrogen-bond acceptors (Lipinski definition) is 3. The van der Waals surface area contributed by atoms with Crippen molar-refractivity contribution in [3.63, 3.8) is 0 Å². The molecule has 0 radical (unpaired) electrons. The van der Waals surface area contributed by atoms with Gasteiger partial charge in [0.25, 0.3) is 5.91 Å². The molecule has 21 heavy (non-hydrogen) atoms. The number of nitrogens with zero attached hydrogens (tertiary/aromatic N) is 1. The van der Waals surface area contributed by atoms with Crippen LogP contribution < -0.4 is 5.06 Å². The molecule has 0 unspecified atom stereocenters. The fraction of sp³-hybridized carbons (Fsp3) is 0.176. The molecule has 0 atom stereocenters. The molecule has 0 N–H and O–H groups in total. The number of benzene rings is 2. The lowest BCUT2D eigenvalue weighted by atomic mass is 10.0. The lowest BCUT2D eigenvalue weighted by Crippen LogP contribution is -2.31. The van der Waals surface area contributed by atoms with Gasteiger partial charge in [0.1, 0.15) is 0 Å². The summed E-state index contributed by atoms with van der Waals surface area (Å²) in [7, 11) is 0. The zero-order chi connectivity index (χ0) is 15.0. The Balaban J connectivity index is 2.11. The van der Waals surface area contributed by atoms with Crippen molar-refractivity contribution in [2.24, 2.45) is 0 Å². The average molecular weight is 281 g/mol. The van der Waals surface area contributed by atoms with E-state index in [-0.39, 0.29) is 5.91 Å². The Bertz CT molecular complexity index is 737. The molecule has 0 aromatic heterocycles. The summed E-state index contributed by atoms with van der Waals surface area (Å²) < 4.78 is 0. The minimum atomic E-state index is -0.515. The van der Waals surface area contributed by atoms with E-state index in [1.165, 1.54) is 25.0 Å². The third-order valence-corrected chi connectivity index (χ3v) is 3.55. The van der Waals surface area contributed by atoms with E-state index in [9.17, 15) is 9.59 Å². The molecule has 1 amide bonds. The maximum absolute atomic E-state index is 11.8. The summed E-state index contributed by atoms with van der Waals surface area (Å²) in [5, 5.41) is 1.08. The maximum Gasteiger partial charge on any atom is 0.330 e. The highest BCUT2D eigenvalue weighted by Gasteiger charge is 2.26. The predicted molar refractivity (Wildman–Crippen MR) is 79.6 cm³/mol. The van der Waals surface area contributed by atoms with Crippen molar-refractivity contribution in [1.82, 2.24) is 0 Å². The number of fused-ring (bicyclic) bond motifs is 3. The van der Waals surface area contributed by atoms with E-state index in [2.05, 4.69) is 12.1 Å². The number of carbonyl (C=O) groups is 2. The number of carbonyl (C=O) groups excluding carboxylic acids is 2. The highest BCUT2D eigenvalue weighted by atomic mass is 16.7. The lowest BCUT2D eigenvalue weighted by molar-refractivity contribution is -0.147. The molecule has 0 fully saturated rings. The number of amides is 1. The van der Waals surface area contributed by atoms with Crippen molar-refractivity contribution < 1.29 is 14.4 Å². The van der Waals surface area contributed by atoms with Crippen LogP contribution in [-0.4, -0.2) is 11.9 Å². The van der Waals surface area contributed by atoms with Crippen molar-refractivity contribution in [3.05, 3.63) is 53.6 Å². The van der Waals surface area contributed by atoms with Crippen molar-refractivity contribution in [3.8, 4) is 11.1 Å². The molecular weight excluding hydrogens is 266 g/mol. The highest BCUT2D eigenvalue weighted by molar-refractivity contribution is 5.95. The Labute approximate surface area is 122 Å². The van der Waals surface area contributed by atoms with Gasteiger partial charge >= 0.3 is 5.97 Å². The van der Waals surface area contributed by atoms with Crippen molar-refractivity contribution >= 4 is 17.6 Å². The summed E-state index contributed by atoms with van der Waals surface area (Å²) in [6.07, 6.45) is 0.729. The first kappa shape index (κ1) is 13.4. The van der Waals surface area contributed by atoms with Gasteiger partial charge in [-0.25, -0.2) is 4.79 Å². The first-order valence-electron chi connectivity index (χ1n) is 6.77. The number of anilines is 1. The molecule has 0 aliphatic heterocycles. The second-order valence-corrected chi connectivity index (χ2v) is 5.03. The highest BCUT2D eigenvalue weighted by Crippen LogP contribution is 2.41. The molecule has 4 nitrogen and oxygen atoms in total. The van der Waals surface area contributed by atoms with Crippen LogP contribution in [0.1, 0.15) is 25.0 Å². The fourth-order valence-electron chi connectivity index (χ4n) is 2.74. The van der Waals surface area contributed by atoms with Crippen LogP contribution in [0.3, 0.4) is 0 Å². The first-order valence-corrected chi connectivity index (χ1v) is 6.77. The van der Waals surface area contributed by atoms with Crippen LogP contribution >= 0.6 is 0 Å². The summed E-state index contributed by atoms with van der Waals surface area (Å²) in [4.78, 5) is 28.1. The quantitative estimate of drug-likeness (QED) is 0.644. The third kappa shape index (κ3) is 2.29. The summed E-state index contributed by atoms with van der Waals surface area (Å²) in [5.74, 6) is -0.840. The molecule has 2 aromatic rings. The molecule has 0 bridgehead atoms. The molecule has 0 saturated carbocycles. The molecule has 4 heteroatoms. The SMILES string of the molecule is CC(=O)ON(C(C)=O)c1cccc2c1Cc1ccccc1-2. The van der Waals surface area contributed by atoms with E-state index in [1.807, 2.05) is 24.3 Å². The monoisotopic (exact) mass is 281 g/mol. The molecule has 0 heterocycles. The van der Waals surface area contributed by atoms with E-state index in [0.29, 0.717) is 5.69 Å². The largest absolute Gasteiger partial charge is 0.334 e. The molecule has 0 saturated heterocycles. The van der Waals surface area contributed by atoms with E-state index < -0.39 is 5.97 Å². The lowest BCUT2D eigenvalue weighted by Gasteiger charge is -2.21. The van der Waals surface area contributed by atoms with Crippen LogP contribution in [-0.2, 0) is 20.8 Å². The van der Waals surface area contributed by atoms with Crippen LogP contribution in [0.15, 0.2) is 42.5 Å². The summed E-state index contributed by atoms with van der Waals surface area (Å²) in [5.41, 5.74) is 5.11. The Morgan fingerprint density at radius 2 is 1.71 bits per heavy atom.